The maximum Gasteiger partial charge on any atom is 0.240 e. The van der Waals surface area contributed by atoms with Crippen LogP contribution in [0.1, 0.15) is 37.8 Å². The minimum absolute atomic E-state index is 0.0370. The summed E-state index contributed by atoms with van der Waals surface area (Å²) in [5.41, 5.74) is 2.50. The zero-order chi connectivity index (χ0) is 14.8. The number of nitrogens with zero attached hydrogens (tertiary/aromatic N) is 1. The van der Waals surface area contributed by atoms with Gasteiger partial charge in [0.1, 0.15) is 0 Å². The summed E-state index contributed by atoms with van der Waals surface area (Å²) in [7, 11) is 1.90. The number of hydrogen-bond donors (Lipinski definition) is 1. The predicted octanol–water partition coefficient (Wildman–Crippen LogP) is 2.73. The van der Waals surface area contributed by atoms with Crippen molar-refractivity contribution in [2.45, 2.75) is 46.2 Å². The third-order valence-electron chi connectivity index (χ3n) is 4.42. The fraction of sp³-hybridized carbons (Fsp3) is 0.588. The third kappa shape index (κ3) is 3.21. The molecular formula is C17H26N2O. The zero-order valence-corrected chi connectivity index (χ0v) is 13.1. The Balaban J connectivity index is 2.07. The molecule has 1 saturated heterocycles. The van der Waals surface area contributed by atoms with Crippen LogP contribution in [0.25, 0.3) is 0 Å². The fourth-order valence-corrected chi connectivity index (χ4v) is 2.97. The van der Waals surface area contributed by atoms with Crippen LogP contribution >= 0.6 is 0 Å². The molecule has 1 N–H and O–H groups in total. The number of aryl methyl sites for hydroxylation is 1. The van der Waals surface area contributed by atoms with Gasteiger partial charge in [-0.05, 0) is 42.9 Å². The fourth-order valence-electron chi connectivity index (χ4n) is 2.97. The molecule has 0 radical (unpaired) electrons. The van der Waals surface area contributed by atoms with Crippen molar-refractivity contribution in [2.75, 3.05) is 13.6 Å². The van der Waals surface area contributed by atoms with Gasteiger partial charge in [-0.2, -0.15) is 0 Å². The Labute approximate surface area is 122 Å². The molecule has 1 aromatic rings. The lowest BCUT2D eigenvalue weighted by Gasteiger charge is -2.40. The first-order valence-electron chi connectivity index (χ1n) is 7.45. The van der Waals surface area contributed by atoms with Crippen LogP contribution in [-0.2, 0) is 11.3 Å². The normalized spacial score (nSPS) is 21.5. The van der Waals surface area contributed by atoms with Crippen molar-refractivity contribution in [2.24, 2.45) is 5.41 Å². The second-order valence-electron chi connectivity index (χ2n) is 6.60. The van der Waals surface area contributed by atoms with Crippen molar-refractivity contribution in [3.8, 4) is 0 Å². The highest BCUT2D eigenvalue weighted by atomic mass is 16.2. The van der Waals surface area contributed by atoms with E-state index in [1.54, 1.807) is 0 Å². The minimum atomic E-state index is -0.0646. The van der Waals surface area contributed by atoms with Crippen molar-refractivity contribution in [1.82, 2.24) is 10.2 Å². The summed E-state index contributed by atoms with van der Waals surface area (Å²) < 4.78 is 0. The van der Waals surface area contributed by atoms with Crippen LogP contribution in [0.5, 0.6) is 0 Å². The largest absolute Gasteiger partial charge is 0.340 e. The van der Waals surface area contributed by atoms with Gasteiger partial charge in [0.05, 0.1) is 6.04 Å². The summed E-state index contributed by atoms with van der Waals surface area (Å²) in [6.45, 7) is 8.08. The van der Waals surface area contributed by atoms with E-state index in [9.17, 15) is 4.79 Å². The van der Waals surface area contributed by atoms with E-state index in [4.69, 9.17) is 0 Å². The Morgan fingerprint density at radius 1 is 1.40 bits per heavy atom. The Hall–Kier alpha value is -1.35. The van der Waals surface area contributed by atoms with Crippen LogP contribution in [-0.4, -0.2) is 30.4 Å². The van der Waals surface area contributed by atoms with Gasteiger partial charge in [-0.3, -0.25) is 4.79 Å². The number of benzene rings is 1. The number of hydrogen-bond acceptors (Lipinski definition) is 2. The van der Waals surface area contributed by atoms with Crippen LogP contribution in [0.2, 0.25) is 0 Å². The van der Waals surface area contributed by atoms with E-state index < -0.39 is 0 Å². The van der Waals surface area contributed by atoms with E-state index in [-0.39, 0.29) is 17.4 Å². The first-order chi connectivity index (χ1) is 9.42. The number of rotatable bonds is 3. The molecule has 1 atom stereocenters. The molecule has 20 heavy (non-hydrogen) atoms. The third-order valence-corrected chi connectivity index (χ3v) is 4.42. The SMILES string of the molecule is Cc1ccccc1CN(C)C(=O)C1NCCCC1(C)C. The van der Waals surface area contributed by atoms with Gasteiger partial charge in [-0.25, -0.2) is 0 Å². The minimum Gasteiger partial charge on any atom is -0.340 e. The van der Waals surface area contributed by atoms with Crippen LogP contribution < -0.4 is 5.32 Å². The monoisotopic (exact) mass is 274 g/mol. The van der Waals surface area contributed by atoms with E-state index >= 15 is 0 Å². The van der Waals surface area contributed by atoms with Gasteiger partial charge in [-0.1, -0.05) is 38.1 Å². The summed E-state index contributed by atoms with van der Waals surface area (Å²) in [4.78, 5) is 14.5. The average molecular weight is 274 g/mol. The van der Waals surface area contributed by atoms with Crippen LogP contribution in [0.15, 0.2) is 24.3 Å². The Kier molecular flexibility index (Phi) is 4.48. The predicted molar refractivity (Wildman–Crippen MR) is 82.5 cm³/mol. The van der Waals surface area contributed by atoms with Gasteiger partial charge in [0.2, 0.25) is 5.91 Å². The molecule has 1 aliphatic rings. The van der Waals surface area contributed by atoms with Gasteiger partial charge >= 0.3 is 0 Å². The Bertz CT molecular complexity index is 482. The van der Waals surface area contributed by atoms with Crippen molar-refractivity contribution in [1.29, 1.82) is 0 Å². The van der Waals surface area contributed by atoms with Crippen molar-refractivity contribution >= 4 is 5.91 Å². The average Bonchev–Trinajstić information content (AvgIpc) is 2.40. The highest BCUT2D eigenvalue weighted by molar-refractivity contribution is 5.82. The van der Waals surface area contributed by atoms with E-state index in [0.717, 1.165) is 19.4 Å². The lowest BCUT2D eigenvalue weighted by atomic mass is 9.77. The molecule has 3 nitrogen and oxygen atoms in total. The number of likely N-dealkylation sites (N-methyl/N-ethyl adjacent to an activating group) is 1. The molecule has 110 valence electrons. The molecular weight excluding hydrogens is 248 g/mol. The number of carbonyl (C=O) groups excluding carboxylic acids is 1. The molecule has 0 aliphatic carbocycles. The van der Waals surface area contributed by atoms with Gasteiger partial charge < -0.3 is 10.2 Å². The summed E-state index contributed by atoms with van der Waals surface area (Å²) in [5.74, 6) is 0.206. The van der Waals surface area contributed by atoms with Crippen LogP contribution in [0, 0.1) is 12.3 Å². The lowest BCUT2D eigenvalue weighted by molar-refractivity contribution is -0.136. The second kappa shape index (κ2) is 5.96. The first kappa shape index (κ1) is 15.0. The van der Waals surface area contributed by atoms with E-state index in [0.29, 0.717) is 6.54 Å². The summed E-state index contributed by atoms with van der Waals surface area (Å²) in [6.07, 6.45) is 2.26. The maximum absolute atomic E-state index is 12.7. The number of piperidine rings is 1. The standard InChI is InChI=1S/C17H26N2O/c1-13-8-5-6-9-14(13)12-19(4)16(20)15-17(2,3)10-7-11-18-15/h5-6,8-9,15,18H,7,10-12H2,1-4H3. The molecule has 1 unspecified atom stereocenters. The van der Waals surface area contributed by atoms with Crippen LogP contribution in [0.3, 0.4) is 0 Å². The molecule has 1 heterocycles. The number of nitrogens with one attached hydrogen (secondary N) is 1. The quantitative estimate of drug-likeness (QED) is 0.919. The number of amides is 1. The molecule has 1 amide bonds. The smallest absolute Gasteiger partial charge is 0.240 e. The molecule has 0 saturated carbocycles. The number of carbonyl (C=O) groups is 1. The van der Waals surface area contributed by atoms with E-state index in [2.05, 4.69) is 38.2 Å². The van der Waals surface area contributed by atoms with E-state index in [1.807, 2.05) is 24.1 Å². The first-order valence-corrected chi connectivity index (χ1v) is 7.45. The summed E-state index contributed by atoms with van der Waals surface area (Å²) >= 11 is 0. The maximum atomic E-state index is 12.7. The second-order valence-corrected chi connectivity index (χ2v) is 6.60. The Morgan fingerprint density at radius 2 is 2.10 bits per heavy atom. The van der Waals surface area contributed by atoms with Gasteiger partial charge in [0, 0.05) is 13.6 Å². The summed E-state index contributed by atoms with van der Waals surface area (Å²) in [6, 6.07) is 8.19. The van der Waals surface area contributed by atoms with Gasteiger partial charge in [-0.15, -0.1) is 0 Å². The highest BCUT2D eigenvalue weighted by Crippen LogP contribution is 2.31. The van der Waals surface area contributed by atoms with Crippen molar-refractivity contribution in [3.05, 3.63) is 35.4 Å². The summed E-state index contributed by atoms with van der Waals surface area (Å²) in [5, 5.41) is 3.40. The molecule has 0 aromatic heterocycles. The van der Waals surface area contributed by atoms with Crippen molar-refractivity contribution in [3.63, 3.8) is 0 Å². The highest BCUT2D eigenvalue weighted by Gasteiger charge is 2.38. The molecule has 1 aromatic carbocycles. The van der Waals surface area contributed by atoms with E-state index in [1.165, 1.54) is 11.1 Å². The zero-order valence-electron chi connectivity index (χ0n) is 13.1. The molecule has 3 heteroatoms. The molecule has 0 bridgehead atoms. The topological polar surface area (TPSA) is 32.3 Å². The molecule has 0 spiro atoms. The van der Waals surface area contributed by atoms with Crippen LogP contribution in [0.4, 0.5) is 0 Å². The molecule has 1 aliphatic heterocycles. The molecule has 1 fully saturated rings. The lowest BCUT2D eigenvalue weighted by Crippen LogP contribution is -2.55. The molecule has 2 rings (SSSR count). The van der Waals surface area contributed by atoms with Gasteiger partial charge in [0.25, 0.3) is 0 Å². The van der Waals surface area contributed by atoms with Gasteiger partial charge in [0.15, 0.2) is 0 Å². The van der Waals surface area contributed by atoms with Crippen molar-refractivity contribution < 1.29 is 4.79 Å². The Morgan fingerprint density at radius 3 is 2.75 bits per heavy atom.